The summed E-state index contributed by atoms with van der Waals surface area (Å²) < 4.78 is 33.0. The summed E-state index contributed by atoms with van der Waals surface area (Å²) in [5, 5.41) is 10.4. The molecule has 1 aromatic carbocycles. The molecule has 8 nitrogen and oxygen atoms in total. The monoisotopic (exact) mass is 378 g/mol. The predicted molar refractivity (Wildman–Crippen MR) is 95.1 cm³/mol. The Hall–Kier alpha value is -1.97. The maximum Gasteiger partial charge on any atom is 0.245 e. The highest BCUT2D eigenvalue weighted by Crippen LogP contribution is 2.31. The number of fused-ring (bicyclic) bond motifs is 1. The number of H-pyrrole nitrogens is 1. The zero-order chi connectivity index (χ0) is 18.3. The van der Waals surface area contributed by atoms with Crippen LogP contribution in [-0.2, 0) is 19.6 Å². The number of benzene rings is 1. The SMILES string of the molecule is Cc1cc(S(=O)(=O)N2CCC2C(=O)NC2CCCOC2)c2[nH]ncc2c1. The van der Waals surface area contributed by atoms with E-state index in [4.69, 9.17) is 4.74 Å². The number of ether oxygens (including phenoxy) is 1. The van der Waals surface area contributed by atoms with E-state index in [1.54, 1.807) is 12.3 Å². The highest BCUT2D eigenvalue weighted by atomic mass is 32.2. The highest BCUT2D eigenvalue weighted by Gasteiger charge is 2.44. The molecule has 2 aliphatic heterocycles. The second kappa shape index (κ2) is 6.64. The first-order chi connectivity index (χ1) is 12.5. The average molecular weight is 378 g/mol. The zero-order valence-corrected chi connectivity index (χ0v) is 15.4. The fourth-order valence-corrected chi connectivity index (χ4v) is 5.45. The smallest absolute Gasteiger partial charge is 0.245 e. The van der Waals surface area contributed by atoms with Crippen LogP contribution in [0.25, 0.3) is 10.9 Å². The molecular weight excluding hydrogens is 356 g/mol. The minimum absolute atomic E-state index is 0.0420. The van der Waals surface area contributed by atoms with Gasteiger partial charge < -0.3 is 10.1 Å². The van der Waals surface area contributed by atoms with Crippen LogP contribution in [0, 0.1) is 6.92 Å². The van der Waals surface area contributed by atoms with Crippen molar-refractivity contribution in [3.8, 4) is 0 Å². The molecule has 2 atom stereocenters. The van der Waals surface area contributed by atoms with Gasteiger partial charge in [-0.3, -0.25) is 9.89 Å². The van der Waals surface area contributed by atoms with Crippen molar-refractivity contribution in [1.82, 2.24) is 19.8 Å². The predicted octanol–water partition coefficient (Wildman–Crippen LogP) is 0.930. The van der Waals surface area contributed by atoms with Gasteiger partial charge >= 0.3 is 0 Å². The van der Waals surface area contributed by atoms with Gasteiger partial charge in [-0.2, -0.15) is 9.40 Å². The first kappa shape index (κ1) is 17.4. The number of carbonyl (C=O) groups is 1. The minimum atomic E-state index is -3.79. The number of sulfonamides is 1. The van der Waals surface area contributed by atoms with Crippen molar-refractivity contribution < 1.29 is 17.9 Å². The molecule has 0 saturated carbocycles. The minimum Gasteiger partial charge on any atom is -0.379 e. The summed E-state index contributed by atoms with van der Waals surface area (Å²) >= 11 is 0. The Morgan fingerprint density at radius 3 is 2.92 bits per heavy atom. The van der Waals surface area contributed by atoms with Crippen molar-refractivity contribution in [2.24, 2.45) is 0 Å². The average Bonchev–Trinajstić information content (AvgIpc) is 3.01. The van der Waals surface area contributed by atoms with Crippen molar-refractivity contribution in [3.05, 3.63) is 23.9 Å². The molecule has 2 unspecified atom stereocenters. The largest absolute Gasteiger partial charge is 0.379 e. The lowest BCUT2D eigenvalue weighted by molar-refractivity contribution is -0.129. The fraction of sp³-hybridized carbons (Fsp3) is 0.529. The van der Waals surface area contributed by atoms with Crippen molar-refractivity contribution in [3.63, 3.8) is 0 Å². The molecule has 9 heteroatoms. The van der Waals surface area contributed by atoms with Crippen molar-refractivity contribution >= 4 is 26.8 Å². The molecule has 2 saturated heterocycles. The fourth-order valence-electron chi connectivity index (χ4n) is 3.56. The Labute approximate surface area is 151 Å². The molecule has 2 aliphatic rings. The summed E-state index contributed by atoms with van der Waals surface area (Å²) in [6.45, 7) is 3.38. The van der Waals surface area contributed by atoms with Gasteiger partial charge in [-0.1, -0.05) is 0 Å². The summed E-state index contributed by atoms with van der Waals surface area (Å²) in [7, 11) is -3.79. The summed E-state index contributed by atoms with van der Waals surface area (Å²) in [6, 6.07) is 2.79. The van der Waals surface area contributed by atoms with E-state index in [2.05, 4.69) is 15.5 Å². The van der Waals surface area contributed by atoms with Gasteiger partial charge in [0.2, 0.25) is 15.9 Å². The Morgan fingerprint density at radius 1 is 1.38 bits per heavy atom. The number of nitrogens with one attached hydrogen (secondary N) is 2. The van der Waals surface area contributed by atoms with E-state index in [0.717, 1.165) is 23.8 Å². The van der Waals surface area contributed by atoms with Crippen molar-refractivity contribution in [1.29, 1.82) is 0 Å². The van der Waals surface area contributed by atoms with E-state index in [-0.39, 0.29) is 16.8 Å². The number of carbonyl (C=O) groups excluding carboxylic acids is 1. The molecule has 4 rings (SSSR count). The van der Waals surface area contributed by atoms with Gasteiger partial charge in [0.05, 0.1) is 24.4 Å². The molecule has 0 bridgehead atoms. The second-order valence-electron chi connectivity index (χ2n) is 6.94. The lowest BCUT2D eigenvalue weighted by atomic mass is 10.0. The lowest BCUT2D eigenvalue weighted by Crippen LogP contribution is -2.59. The quantitative estimate of drug-likeness (QED) is 0.824. The highest BCUT2D eigenvalue weighted by molar-refractivity contribution is 7.89. The Kier molecular flexibility index (Phi) is 4.45. The Morgan fingerprint density at radius 2 is 2.23 bits per heavy atom. The molecule has 0 spiro atoms. The number of aryl methyl sites for hydroxylation is 1. The van der Waals surface area contributed by atoms with Gasteiger partial charge in [-0.25, -0.2) is 8.42 Å². The van der Waals surface area contributed by atoms with E-state index in [0.29, 0.717) is 31.7 Å². The van der Waals surface area contributed by atoms with Gasteiger partial charge in [-0.05, 0) is 43.9 Å². The van der Waals surface area contributed by atoms with Crippen LogP contribution in [0.5, 0.6) is 0 Å². The van der Waals surface area contributed by atoms with Crippen LogP contribution in [-0.4, -0.2) is 60.7 Å². The van der Waals surface area contributed by atoms with Crippen molar-refractivity contribution in [2.75, 3.05) is 19.8 Å². The third-order valence-corrected chi connectivity index (χ3v) is 6.96. The maximum absolute atomic E-state index is 13.2. The van der Waals surface area contributed by atoms with Crippen LogP contribution in [0.3, 0.4) is 0 Å². The Bertz CT molecular complexity index is 933. The van der Waals surface area contributed by atoms with Crippen LogP contribution >= 0.6 is 0 Å². The van der Waals surface area contributed by atoms with Gasteiger partial charge in [0.1, 0.15) is 10.9 Å². The molecule has 140 valence electrons. The zero-order valence-electron chi connectivity index (χ0n) is 14.6. The molecule has 1 aromatic heterocycles. The first-order valence-electron chi connectivity index (χ1n) is 8.80. The van der Waals surface area contributed by atoms with Crippen LogP contribution in [0.4, 0.5) is 0 Å². The maximum atomic E-state index is 13.2. The van der Waals surface area contributed by atoms with Crippen LogP contribution in [0.15, 0.2) is 23.2 Å². The standard InChI is InChI=1S/C17H22N4O4S/c1-11-7-12-9-18-20-16(12)15(8-11)26(23,24)21-5-4-14(21)17(22)19-13-3-2-6-25-10-13/h7-9,13-14H,2-6,10H2,1H3,(H,18,20)(H,19,22). The first-order valence-corrected chi connectivity index (χ1v) is 10.2. The number of aromatic amines is 1. The van der Waals surface area contributed by atoms with Gasteiger partial charge in [0.15, 0.2) is 0 Å². The van der Waals surface area contributed by atoms with E-state index in [1.165, 1.54) is 4.31 Å². The summed E-state index contributed by atoms with van der Waals surface area (Å²) in [5.41, 5.74) is 1.31. The summed E-state index contributed by atoms with van der Waals surface area (Å²) in [5.74, 6) is -0.246. The van der Waals surface area contributed by atoms with E-state index < -0.39 is 16.1 Å². The van der Waals surface area contributed by atoms with Gasteiger partial charge in [0.25, 0.3) is 0 Å². The van der Waals surface area contributed by atoms with Gasteiger partial charge in [-0.15, -0.1) is 0 Å². The number of hydrogen-bond acceptors (Lipinski definition) is 5. The molecule has 0 aliphatic carbocycles. The molecule has 2 fully saturated rings. The van der Waals surface area contributed by atoms with Crippen LogP contribution in [0.2, 0.25) is 0 Å². The molecule has 0 radical (unpaired) electrons. The number of rotatable bonds is 4. The summed E-state index contributed by atoms with van der Waals surface area (Å²) in [6.07, 6.45) is 3.89. The van der Waals surface area contributed by atoms with E-state index >= 15 is 0 Å². The molecule has 1 amide bonds. The Balaban J connectivity index is 1.57. The second-order valence-corrected chi connectivity index (χ2v) is 8.80. The van der Waals surface area contributed by atoms with E-state index in [9.17, 15) is 13.2 Å². The van der Waals surface area contributed by atoms with E-state index in [1.807, 2.05) is 13.0 Å². The summed E-state index contributed by atoms with van der Waals surface area (Å²) in [4.78, 5) is 12.7. The van der Waals surface area contributed by atoms with Gasteiger partial charge in [0, 0.05) is 18.5 Å². The molecular formula is C17H22N4O4S. The van der Waals surface area contributed by atoms with Crippen LogP contribution < -0.4 is 5.32 Å². The van der Waals surface area contributed by atoms with Crippen molar-refractivity contribution in [2.45, 2.75) is 43.2 Å². The normalized spacial score (nSPS) is 24.3. The third-order valence-electron chi connectivity index (χ3n) is 5.02. The molecule has 3 heterocycles. The number of aromatic nitrogens is 2. The lowest BCUT2D eigenvalue weighted by Gasteiger charge is -2.39. The third kappa shape index (κ3) is 3.00. The molecule has 2 N–H and O–H groups in total. The molecule has 2 aromatic rings. The number of hydrogen-bond donors (Lipinski definition) is 2. The van der Waals surface area contributed by atoms with Crippen LogP contribution in [0.1, 0.15) is 24.8 Å². The number of nitrogens with zero attached hydrogens (tertiary/aromatic N) is 2. The topological polar surface area (TPSA) is 104 Å². The number of amides is 1. The molecule has 26 heavy (non-hydrogen) atoms.